The molecule has 0 atom stereocenters. The van der Waals surface area contributed by atoms with Crippen LogP contribution in [0, 0.1) is 5.92 Å². The van der Waals surface area contributed by atoms with Crippen LogP contribution in [0.1, 0.15) is 19.3 Å². The third-order valence-electron chi connectivity index (χ3n) is 5.66. The number of hydrogen-bond acceptors (Lipinski definition) is 5. The van der Waals surface area contributed by atoms with Crippen LogP contribution in [-0.2, 0) is 9.47 Å². The van der Waals surface area contributed by atoms with Gasteiger partial charge in [0.2, 0.25) is 0 Å². The number of piperazine rings is 1. The van der Waals surface area contributed by atoms with E-state index in [4.69, 9.17) is 14.2 Å². The van der Waals surface area contributed by atoms with Crippen LogP contribution in [0.15, 0.2) is 29.3 Å². The van der Waals surface area contributed by atoms with Crippen molar-refractivity contribution in [3.8, 4) is 5.75 Å². The first-order chi connectivity index (χ1) is 14.3. The number of guanidine groups is 1. The lowest BCUT2D eigenvalue weighted by Gasteiger charge is -2.38. The number of halogens is 1. The topological polar surface area (TPSA) is 58.6 Å². The van der Waals surface area contributed by atoms with Crippen molar-refractivity contribution < 1.29 is 14.2 Å². The fourth-order valence-electron chi connectivity index (χ4n) is 3.92. The van der Waals surface area contributed by atoms with Crippen molar-refractivity contribution in [2.24, 2.45) is 10.9 Å². The van der Waals surface area contributed by atoms with Gasteiger partial charge >= 0.3 is 0 Å². The third kappa shape index (κ3) is 7.46. The van der Waals surface area contributed by atoms with Crippen molar-refractivity contribution in [2.75, 3.05) is 78.2 Å². The monoisotopic (exact) mass is 532 g/mol. The van der Waals surface area contributed by atoms with Crippen LogP contribution in [0.25, 0.3) is 0 Å². The molecular weight excluding hydrogens is 495 g/mol. The third-order valence-corrected chi connectivity index (χ3v) is 5.66. The Kier molecular flexibility index (Phi) is 11.6. The van der Waals surface area contributed by atoms with Crippen LogP contribution >= 0.6 is 24.0 Å². The number of ether oxygens (including phenoxy) is 3. The van der Waals surface area contributed by atoms with E-state index in [2.05, 4.69) is 32.2 Å². The van der Waals surface area contributed by atoms with Crippen LogP contribution in [0.2, 0.25) is 0 Å². The molecule has 2 heterocycles. The quantitative estimate of drug-likeness (QED) is 0.241. The highest BCUT2D eigenvalue weighted by molar-refractivity contribution is 14.0. The summed E-state index contributed by atoms with van der Waals surface area (Å²) in [4.78, 5) is 9.18. The van der Waals surface area contributed by atoms with E-state index in [9.17, 15) is 0 Å². The lowest BCUT2D eigenvalue weighted by molar-refractivity contribution is 0.0203. The molecule has 0 saturated carbocycles. The van der Waals surface area contributed by atoms with Gasteiger partial charge in [0.05, 0.1) is 12.8 Å². The first-order valence-corrected chi connectivity index (χ1v) is 10.8. The smallest absolute Gasteiger partial charge is 0.193 e. The molecule has 3 rings (SSSR count). The Bertz CT molecular complexity index is 633. The summed E-state index contributed by atoms with van der Waals surface area (Å²) in [5.41, 5.74) is 1.17. The van der Waals surface area contributed by atoms with E-state index >= 15 is 0 Å². The summed E-state index contributed by atoms with van der Waals surface area (Å²) < 4.78 is 16.8. The molecule has 1 N–H and O–H groups in total. The van der Waals surface area contributed by atoms with Gasteiger partial charge in [0.15, 0.2) is 5.96 Å². The zero-order chi connectivity index (χ0) is 20.3. The maximum absolute atomic E-state index is 5.85. The second-order valence-corrected chi connectivity index (χ2v) is 7.60. The molecule has 7 nitrogen and oxygen atoms in total. The zero-order valence-electron chi connectivity index (χ0n) is 18.3. The Morgan fingerprint density at radius 3 is 2.60 bits per heavy atom. The van der Waals surface area contributed by atoms with Crippen molar-refractivity contribution in [2.45, 2.75) is 19.3 Å². The number of nitrogens with one attached hydrogen (secondary N) is 1. The minimum Gasteiger partial charge on any atom is -0.495 e. The Morgan fingerprint density at radius 2 is 1.90 bits per heavy atom. The molecular formula is C22H37IN4O3. The minimum absolute atomic E-state index is 0. The molecule has 0 aromatic heterocycles. The number of nitrogens with zero attached hydrogens (tertiary/aromatic N) is 3. The molecule has 30 heavy (non-hydrogen) atoms. The van der Waals surface area contributed by atoms with E-state index in [-0.39, 0.29) is 24.0 Å². The molecule has 0 bridgehead atoms. The van der Waals surface area contributed by atoms with Crippen LogP contribution in [-0.4, -0.2) is 84.2 Å². The molecule has 170 valence electrons. The number of para-hydroxylation sites is 2. The zero-order valence-corrected chi connectivity index (χ0v) is 20.7. The van der Waals surface area contributed by atoms with Gasteiger partial charge in [-0.3, -0.25) is 4.99 Å². The van der Waals surface area contributed by atoms with E-state index in [1.807, 2.05) is 19.2 Å². The Labute approximate surface area is 198 Å². The summed E-state index contributed by atoms with van der Waals surface area (Å²) in [6.45, 7) is 8.10. The number of aliphatic imine (C=N–C) groups is 1. The number of methoxy groups -OCH3 is 1. The van der Waals surface area contributed by atoms with Crippen molar-refractivity contribution in [1.82, 2.24) is 10.2 Å². The van der Waals surface area contributed by atoms with Gasteiger partial charge in [-0.05, 0) is 37.3 Å². The summed E-state index contributed by atoms with van der Waals surface area (Å²) >= 11 is 0. The van der Waals surface area contributed by atoms with Gasteiger partial charge in [-0.2, -0.15) is 0 Å². The molecule has 2 aliphatic heterocycles. The Morgan fingerprint density at radius 1 is 1.17 bits per heavy atom. The van der Waals surface area contributed by atoms with Crippen molar-refractivity contribution >= 4 is 35.6 Å². The van der Waals surface area contributed by atoms with Gasteiger partial charge in [-0.1, -0.05) is 12.1 Å². The normalized spacial score (nSPS) is 18.1. The molecule has 1 aromatic carbocycles. The molecule has 0 unspecified atom stereocenters. The van der Waals surface area contributed by atoms with Crippen LogP contribution in [0.4, 0.5) is 5.69 Å². The lowest BCUT2D eigenvalue weighted by atomic mass is 10.0. The first kappa shape index (κ1) is 25.0. The van der Waals surface area contributed by atoms with Gasteiger partial charge < -0.3 is 29.3 Å². The summed E-state index contributed by atoms with van der Waals surface area (Å²) in [6, 6.07) is 8.22. The number of benzene rings is 1. The predicted molar refractivity (Wildman–Crippen MR) is 133 cm³/mol. The SMILES string of the molecule is CN=C(NCCCOCC1CCOCC1)N1CCN(c2ccccc2OC)CC1.I. The lowest BCUT2D eigenvalue weighted by Crippen LogP contribution is -2.52. The minimum atomic E-state index is 0. The molecule has 0 spiro atoms. The number of rotatable bonds is 8. The Hall–Kier alpha value is -1.26. The van der Waals surface area contributed by atoms with E-state index in [1.54, 1.807) is 7.11 Å². The molecule has 2 aliphatic rings. The highest BCUT2D eigenvalue weighted by atomic mass is 127. The maximum atomic E-state index is 5.85. The maximum Gasteiger partial charge on any atom is 0.193 e. The molecule has 2 fully saturated rings. The highest BCUT2D eigenvalue weighted by Crippen LogP contribution is 2.28. The molecule has 0 aliphatic carbocycles. The van der Waals surface area contributed by atoms with Crippen LogP contribution < -0.4 is 15.0 Å². The largest absolute Gasteiger partial charge is 0.495 e. The van der Waals surface area contributed by atoms with Crippen LogP contribution in [0.5, 0.6) is 5.75 Å². The predicted octanol–water partition coefficient (Wildman–Crippen LogP) is 2.84. The molecule has 0 radical (unpaired) electrons. The molecule has 0 amide bonds. The van der Waals surface area contributed by atoms with Crippen molar-refractivity contribution in [1.29, 1.82) is 0 Å². The van der Waals surface area contributed by atoms with Gasteiger partial charge in [0.25, 0.3) is 0 Å². The van der Waals surface area contributed by atoms with E-state index in [0.717, 1.165) is 90.1 Å². The number of hydrogen-bond donors (Lipinski definition) is 1. The van der Waals surface area contributed by atoms with Crippen molar-refractivity contribution in [3.63, 3.8) is 0 Å². The standard InChI is InChI=1S/C22H36N4O3.HI/c1-23-22(24-10-5-15-29-18-19-8-16-28-17-9-19)26-13-11-25(12-14-26)20-6-3-4-7-21(20)27-2;/h3-4,6-7,19H,5,8-18H2,1-2H3,(H,23,24);1H. The fourth-order valence-corrected chi connectivity index (χ4v) is 3.92. The average molecular weight is 532 g/mol. The van der Waals surface area contributed by atoms with Gasteiger partial charge in [-0.15, -0.1) is 24.0 Å². The van der Waals surface area contributed by atoms with E-state index in [0.29, 0.717) is 5.92 Å². The van der Waals surface area contributed by atoms with E-state index in [1.165, 1.54) is 5.69 Å². The van der Waals surface area contributed by atoms with Crippen molar-refractivity contribution in [3.05, 3.63) is 24.3 Å². The number of anilines is 1. The van der Waals surface area contributed by atoms with Gasteiger partial charge in [0.1, 0.15) is 5.75 Å². The second kappa shape index (κ2) is 13.9. The molecule has 8 heteroatoms. The van der Waals surface area contributed by atoms with Crippen LogP contribution in [0.3, 0.4) is 0 Å². The molecule has 2 saturated heterocycles. The second-order valence-electron chi connectivity index (χ2n) is 7.60. The average Bonchev–Trinajstić information content (AvgIpc) is 2.79. The first-order valence-electron chi connectivity index (χ1n) is 10.8. The summed E-state index contributed by atoms with van der Waals surface area (Å²) in [6.07, 6.45) is 3.25. The summed E-state index contributed by atoms with van der Waals surface area (Å²) in [5, 5.41) is 3.49. The fraction of sp³-hybridized carbons (Fsp3) is 0.682. The van der Waals surface area contributed by atoms with E-state index < -0.39 is 0 Å². The summed E-state index contributed by atoms with van der Waals surface area (Å²) in [5.74, 6) is 2.59. The van der Waals surface area contributed by atoms with Gasteiger partial charge in [0, 0.05) is 66.2 Å². The van der Waals surface area contributed by atoms with Gasteiger partial charge in [-0.25, -0.2) is 0 Å². The Balaban J connectivity index is 0.00000320. The summed E-state index contributed by atoms with van der Waals surface area (Å²) in [7, 11) is 3.59. The molecule has 1 aromatic rings. The highest BCUT2D eigenvalue weighted by Gasteiger charge is 2.21.